The predicted molar refractivity (Wildman–Crippen MR) is 72.1 cm³/mol. The lowest BCUT2D eigenvalue weighted by molar-refractivity contribution is -0.141. The van der Waals surface area contributed by atoms with E-state index in [0.29, 0.717) is 0 Å². The molecule has 4 N–H and O–H groups in total. The number of urea groups is 1. The lowest BCUT2D eigenvalue weighted by atomic mass is 10.0. The molecule has 1 aromatic heterocycles. The number of carbonyl (C=O) groups is 2. The highest BCUT2D eigenvalue weighted by Gasteiger charge is 2.25. The average molecular weight is 286 g/mol. The lowest BCUT2D eigenvalue weighted by Crippen LogP contribution is -2.46. The Balaban J connectivity index is 2.37. The Hall–Kier alpha value is -1.60. The summed E-state index contributed by atoms with van der Waals surface area (Å²) in [5, 5.41) is 25.4. The van der Waals surface area contributed by atoms with Crippen molar-refractivity contribution in [1.82, 2.24) is 10.6 Å². The molecule has 1 heterocycles. The molecule has 0 spiro atoms. The van der Waals surface area contributed by atoms with E-state index in [-0.39, 0.29) is 12.6 Å². The molecule has 1 rings (SSSR count). The van der Waals surface area contributed by atoms with Gasteiger partial charge >= 0.3 is 12.0 Å². The number of amides is 2. The van der Waals surface area contributed by atoms with Gasteiger partial charge in [0.15, 0.2) is 0 Å². The number of carboxylic acid groups (broad SMARTS) is 1. The monoisotopic (exact) mass is 286 g/mol. The van der Waals surface area contributed by atoms with Crippen LogP contribution in [0.5, 0.6) is 0 Å². The first-order valence-electron chi connectivity index (χ1n) is 5.82. The summed E-state index contributed by atoms with van der Waals surface area (Å²) in [7, 11) is 0. The minimum absolute atomic E-state index is 0.123. The molecule has 106 valence electrons. The number of aliphatic carboxylic acids is 1. The van der Waals surface area contributed by atoms with Gasteiger partial charge in [-0.15, -0.1) is 11.3 Å². The normalized spacial score (nSPS) is 15.3. The molecule has 0 fully saturated rings. The fourth-order valence-electron chi connectivity index (χ4n) is 1.52. The van der Waals surface area contributed by atoms with Crippen molar-refractivity contribution >= 4 is 23.3 Å². The number of rotatable bonds is 6. The molecule has 0 bridgehead atoms. The fraction of sp³-hybridized carbons (Fsp3) is 0.500. The SMILES string of the molecule is CC(NC(=O)NCC(C)(O)CC(=O)O)c1cccs1. The van der Waals surface area contributed by atoms with Gasteiger partial charge in [0.25, 0.3) is 0 Å². The minimum Gasteiger partial charge on any atom is -0.481 e. The number of thiophene rings is 1. The Bertz CT molecular complexity index is 431. The number of hydrogen-bond donors (Lipinski definition) is 4. The van der Waals surface area contributed by atoms with Gasteiger partial charge in [0.2, 0.25) is 0 Å². The Labute approximate surface area is 115 Å². The molecule has 1 aromatic rings. The Morgan fingerprint density at radius 2 is 2.21 bits per heavy atom. The van der Waals surface area contributed by atoms with Gasteiger partial charge < -0.3 is 20.8 Å². The summed E-state index contributed by atoms with van der Waals surface area (Å²) in [6.45, 7) is 3.09. The van der Waals surface area contributed by atoms with E-state index >= 15 is 0 Å². The zero-order valence-corrected chi connectivity index (χ0v) is 11.7. The Kier molecular flexibility index (Phi) is 5.31. The quantitative estimate of drug-likeness (QED) is 0.634. The van der Waals surface area contributed by atoms with Gasteiger partial charge in [-0.1, -0.05) is 6.07 Å². The molecule has 0 saturated heterocycles. The molecule has 2 amide bonds. The van der Waals surface area contributed by atoms with Crippen molar-refractivity contribution in [2.75, 3.05) is 6.54 Å². The molecule has 0 aliphatic rings. The summed E-state index contributed by atoms with van der Waals surface area (Å²) < 4.78 is 0. The van der Waals surface area contributed by atoms with Crippen LogP contribution in [-0.2, 0) is 4.79 Å². The van der Waals surface area contributed by atoms with Crippen molar-refractivity contribution in [3.05, 3.63) is 22.4 Å². The van der Waals surface area contributed by atoms with Gasteiger partial charge in [0.1, 0.15) is 0 Å². The van der Waals surface area contributed by atoms with Crippen molar-refractivity contribution in [3.63, 3.8) is 0 Å². The highest BCUT2D eigenvalue weighted by atomic mass is 32.1. The van der Waals surface area contributed by atoms with E-state index in [2.05, 4.69) is 10.6 Å². The highest BCUT2D eigenvalue weighted by molar-refractivity contribution is 7.10. The number of carboxylic acids is 1. The summed E-state index contributed by atoms with van der Waals surface area (Å²) >= 11 is 1.54. The van der Waals surface area contributed by atoms with Gasteiger partial charge in [-0.3, -0.25) is 4.79 Å². The lowest BCUT2D eigenvalue weighted by Gasteiger charge is -2.22. The van der Waals surface area contributed by atoms with Gasteiger partial charge in [-0.25, -0.2) is 4.79 Å². The average Bonchev–Trinajstić information content (AvgIpc) is 2.78. The number of nitrogens with one attached hydrogen (secondary N) is 2. The maximum absolute atomic E-state index is 11.6. The smallest absolute Gasteiger partial charge is 0.315 e. The van der Waals surface area contributed by atoms with Gasteiger partial charge in [0, 0.05) is 11.4 Å². The Morgan fingerprint density at radius 1 is 1.53 bits per heavy atom. The van der Waals surface area contributed by atoms with Crippen LogP contribution in [0.4, 0.5) is 4.79 Å². The third kappa shape index (κ3) is 5.71. The van der Waals surface area contributed by atoms with E-state index in [4.69, 9.17) is 5.11 Å². The fourth-order valence-corrected chi connectivity index (χ4v) is 2.25. The van der Waals surface area contributed by atoms with Crippen molar-refractivity contribution < 1.29 is 19.8 Å². The molecule has 0 aliphatic heterocycles. The molecular formula is C12H18N2O4S. The van der Waals surface area contributed by atoms with Crippen LogP contribution in [0.15, 0.2) is 17.5 Å². The first-order valence-corrected chi connectivity index (χ1v) is 6.70. The van der Waals surface area contributed by atoms with E-state index in [9.17, 15) is 14.7 Å². The van der Waals surface area contributed by atoms with Crippen LogP contribution in [0.3, 0.4) is 0 Å². The first kappa shape index (κ1) is 15.5. The highest BCUT2D eigenvalue weighted by Crippen LogP contribution is 2.17. The van der Waals surface area contributed by atoms with E-state index in [1.807, 2.05) is 24.4 Å². The van der Waals surface area contributed by atoms with E-state index < -0.39 is 24.0 Å². The molecule has 0 aliphatic carbocycles. The molecule has 0 saturated carbocycles. The van der Waals surface area contributed by atoms with E-state index in [1.165, 1.54) is 18.3 Å². The standard InChI is InChI=1S/C12H18N2O4S/c1-8(9-4-3-5-19-9)14-11(17)13-7-12(2,18)6-10(15)16/h3-5,8,18H,6-7H2,1-2H3,(H,15,16)(H2,13,14,17). The second-order valence-electron chi connectivity index (χ2n) is 4.63. The van der Waals surface area contributed by atoms with Crippen molar-refractivity contribution in [2.45, 2.75) is 31.9 Å². The molecule has 19 heavy (non-hydrogen) atoms. The van der Waals surface area contributed by atoms with E-state index in [0.717, 1.165) is 4.88 Å². The molecule has 0 aromatic carbocycles. The van der Waals surface area contributed by atoms with E-state index in [1.54, 1.807) is 0 Å². The summed E-state index contributed by atoms with van der Waals surface area (Å²) in [4.78, 5) is 23.1. The summed E-state index contributed by atoms with van der Waals surface area (Å²) in [5.74, 6) is -1.11. The second kappa shape index (κ2) is 6.53. The largest absolute Gasteiger partial charge is 0.481 e. The van der Waals surface area contributed by atoms with Crippen LogP contribution in [0.25, 0.3) is 0 Å². The van der Waals surface area contributed by atoms with Gasteiger partial charge in [0.05, 0.1) is 18.1 Å². The molecular weight excluding hydrogens is 268 g/mol. The number of carbonyl (C=O) groups excluding carboxylic acids is 1. The number of hydrogen-bond acceptors (Lipinski definition) is 4. The molecule has 6 nitrogen and oxygen atoms in total. The molecule has 2 unspecified atom stereocenters. The molecule has 7 heteroatoms. The zero-order chi connectivity index (χ0) is 14.5. The maximum atomic E-state index is 11.6. The first-order chi connectivity index (χ1) is 8.80. The van der Waals surface area contributed by atoms with Crippen molar-refractivity contribution in [3.8, 4) is 0 Å². The van der Waals surface area contributed by atoms with Crippen LogP contribution in [0.2, 0.25) is 0 Å². The van der Waals surface area contributed by atoms with Crippen LogP contribution >= 0.6 is 11.3 Å². The maximum Gasteiger partial charge on any atom is 0.315 e. The van der Waals surface area contributed by atoms with Crippen LogP contribution in [0, 0.1) is 0 Å². The summed E-state index contributed by atoms with van der Waals surface area (Å²) in [6, 6.07) is 3.24. The summed E-state index contributed by atoms with van der Waals surface area (Å²) in [5.41, 5.74) is -1.46. The van der Waals surface area contributed by atoms with Gasteiger partial charge in [-0.2, -0.15) is 0 Å². The van der Waals surface area contributed by atoms with Crippen LogP contribution in [0.1, 0.15) is 31.2 Å². The topological polar surface area (TPSA) is 98.7 Å². The number of aliphatic hydroxyl groups is 1. The third-order valence-corrected chi connectivity index (χ3v) is 3.53. The van der Waals surface area contributed by atoms with Crippen LogP contribution < -0.4 is 10.6 Å². The van der Waals surface area contributed by atoms with Crippen LogP contribution in [-0.4, -0.2) is 34.4 Å². The molecule has 0 radical (unpaired) electrons. The third-order valence-electron chi connectivity index (χ3n) is 2.48. The predicted octanol–water partition coefficient (Wildman–Crippen LogP) is 1.33. The minimum atomic E-state index is -1.46. The Morgan fingerprint density at radius 3 is 2.74 bits per heavy atom. The summed E-state index contributed by atoms with van der Waals surface area (Å²) in [6.07, 6.45) is -0.423. The molecule has 2 atom stereocenters. The van der Waals surface area contributed by atoms with Crippen molar-refractivity contribution in [2.24, 2.45) is 0 Å². The van der Waals surface area contributed by atoms with Crippen molar-refractivity contribution in [1.29, 1.82) is 0 Å². The van der Waals surface area contributed by atoms with Gasteiger partial charge in [-0.05, 0) is 25.3 Å². The zero-order valence-electron chi connectivity index (χ0n) is 10.8. The second-order valence-corrected chi connectivity index (χ2v) is 5.61.